The van der Waals surface area contributed by atoms with E-state index < -0.39 is 11.9 Å². The van der Waals surface area contributed by atoms with Crippen LogP contribution >= 0.6 is 0 Å². The predicted molar refractivity (Wildman–Crippen MR) is 136 cm³/mol. The van der Waals surface area contributed by atoms with Gasteiger partial charge in [-0.3, -0.25) is 14.4 Å². The lowest BCUT2D eigenvalue weighted by atomic mass is 9.70. The van der Waals surface area contributed by atoms with Crippen molar-refractivity contribution in [3.05, 3.63) is 95.6 Å². The van der Waals surface area contributed by atoms with Gasteiger partial charge in [0.05, 0.1) is 0 Å². The number of carbonyl (C=O) groups is 3. The van der Waals surface area contributed by atoms with Crippen molar-refractivity contribution < 1.29 is 14.4 Å². The van der Waals surface area contributed by atoms with Crippen molar-refractivity contribution in [3.8, 4) is 0 Å². The summed E-state index contributed by atoms with van der Waals surface area (Å²) in [6, 6.07) is 16.5. The second kappa shape index (κ2) is 10.6. The fraction of sp³-hybridized carbons (Fsp3) is 0.345. The number of allylic oxidation sites excluding steroid dienone is 1. The molecule has 0 bridgehead atoms. The number of rotatable bonds is 7. The minimum absolute atomic E-state index is 0.116. The summed E-state index contributed by atoms with van der Waals surface area (Å²) in [5.41, 5.74) is 3.46. The molecule has 5 nitrogen and oxygen atoms in total. The van der Waals surface area contributed by atoms with E-state index in [-0.39, 0.29) is 17.1 Å². The second-order valence-electron chi connectivity index (χ2n) is 9.85. The number of likely N-dealkylation sites (tertiary alicyclic amines) is 1. The molecule has 0 spiro atoms. The SMILES string of the molecule is C=C(C)[C@@H](NC(=O)/C=C/C(=O)c1ccccc1)C(=O)N1CCC(c2ccc(C)cc2)C(C)(C)C1. The third kappa shape index (κ3) is 6.10. The van der Waals surface area contributed by atoms with Crippen LogP contribution in [0.15, 0.2) is 78.9 Å². The van der Waals surface area contributed by atoms with Crippen LogP contribution in [0.2, 0.25) is 0 Å². The van der Waals surface area contributed by atoms with E-state index in [4.69, 9.17) is 0 Å². The van der Waals surface area contributed by atoms with E-state index in [1.165, 1.54) is 23.3 Å². The first-order valence-electron chi connectivity index (χ1n) is 11.7. The number of nitrogens with one attached hydrogen (secondary N) is 1. The van der Waals surface area contributed by atoms with Gasteiger partial charge in [-0.2, -0.15) is 0 Å². The van der Waals surface area contributed by atoms with E-state index in [9.17, 15) is 14.4 Å². The quantitative estimate of drug-likeness (QED) is 0.367. The third-order valence-corrected chi connectivity index (χ3v) is 6.49. The highest BCUT2D eigenvalue weighted by atomic mass is 16.2. The number of piperidine rings is 1. The average molecular weight is 459 g/mol. The number of ketones is 1. The first-order valence-corrected chi connectivity index (χ1v) is 11.7. The molecule has 0 saturated carbocycles. The van der Waals surface area contributed by atoms with E-state index in [0.717, 1.165) is 6.42 Å². The zero-order valence-corrected chi connectivity index (χ0v) is 20.5. The van der Waals surface area contributed by atoms with Gasteiger partial charge in [0.15, 0.2) is 5.78 Å². The molecule has 1 aliphatic rings. The van der Waals surface area contributed by atoms with Crippen molar-refractivity contribution in [2.45, 2.75) is 46.1 Å². The summed E-state index contributed by atoms with van der Waals surface area (Å²) in [5, 5.41) is 2.73. The molecular weight excluding hydrogens is 424 g/mol. The highest BCUT2D eigenvalue weighted by Crippen LogP contribution is 2.42. The minimum Gasteiger partial charge on any atom is -0.340 e. The monoisotopic (exact) mass is 458 g/mol. The number of carbonyl (C=O) groups excluding carboxylic acids is 3. The molecule has 1 unspecified atom stereocenters. The van der Waals surface area contributed by atoms with Crippen molar-refractivity contribution in [1.29, 1.82) is 0 Å². The molecule has 1 N–H and O–H groups in total. The summed E-state index contributed by atoms with van der Waals surface area (Å²) in [5.74, 6) is -0.589. The minimum atomic E-state index is -0.837. The summed E-state index contributed by atoms with van der Waals surface area (Å²) >= 11 is 0. The highest BCUT2D eigenvalue weighted by Gasteiger charge is 2.40. The van der Waals surface area contributed by atoms with Gasteiger partial charge in [-0.15, -0.1) is 0 Å². The van der Waals surface area contributed by atoms with Crippen LogP contribution in [-0.4, -0.2) is 41.6 Å². The Hall–Kier alpha value is -3.47. The van der Waals surface area contributed by atoms with Gasteiger partial charge in [0, 0.05) is 24.7 Å². The molecule has 0 aromatic heterocycles. The molecule has 0 radical (unpaired) electrons. The van der Waals surface area contributed by atoms with Gasteiger partial charge in [-0.25, -0.2) is 0 Å². The summed E-state index contributed by atoms with van der Waals surface area (Å²) < 4.78 is 0. The molecule has 2 aromatic carbocycles. The lowest BCUT2D eigenvalue weighted by molar-refractivity contribution is -0.137. The molecule has 0 aliphatic carbocycles. The zero-order valence-electron chi connectivity index (χ0n) is 20.5. The highest BCUT2D eigenvalue weighted by molar-refractivity contribution is 6.08. The molecule has 2 amide bonds. The molecule has 2 aromatic rings. The van der Waals surface area contributed by atoms with Crippen LogP contribution in [0, 0.1) is 12.3 Å². The van der Waals surface area contributed by atoms with Crippen LogP contribution in [0.3, 0.4) is 0 Å². The van der Waals surface area contributed by atoms with Gasteiger partial charge in [0.2, 0.25) is 11.8 Å². The molecule has 178 valence electrons. The molecule has 1 heterocycles. The van der Waals surface area contributed by atoms with Gasteiger partial charge >= 0.3 is 0 Å². The van der Waals surface area contributed by atoms with Crippen molar-refractivity contribution in [2.75, 3.05) is 13.1 Å². The number of benzene rings is 2. The van der Waals surface area contributed by atoms with E-state index in [0.29, 0.717) is 30.1 Å². The van der Waals surface area contributed by atoms with E-state index >= 15 is 0 Å². The van der Waals surface area contributed by atoms with Gasteiger partial charge < -0.3 is 10.2 Å². The topological polar surface area (TPSA) is 66.5 Å². The van der Waals surface area contributed by atoms with Crippen LogP contribution < -0.4 is 5.32 Å². The lowest BCUT2D eigenvalue weighted by Crippen LogP contribution is -2.54. The van der Waals surface area contributed by atoms with Crippen LogP contribution in [0.1, 0.15) is 54.6 Å². The Balaban J connectivity index is 1.66. The molecule has 3 rings (SSSR count). The van der Waals surface area contributed by atoms with Gasteiger partial charge in [-0.05, 0) is 48.8 Å². The molecule has 1 saturated heterocycles. The number of nitrogens with zero attached hydrogens (tertiary/aromatic N) is 1. The Labute approximate surface area is 202 Å². The molecule has 2 atom stereocenters. The van der Waals surface area contributed by atoms with E-state index in [2.05, 4.69) is 56.9 Å². The first kappa shape index (κ1) is 25.2. The van der Waals surface area contributed by atoms with Crippen LogP contribution in [-0.2, 0) is 9.59 Å². The van der Waals surface area contributed by atoms with E-state index in [1.54, 1.807) is 31.2 Å². The second-order valence-corrected chi connectivity index (χ2v) is 9.85. The zero-order chi connectivity index (χ0) is 24.9. The van der Waals surface area contributed by atoms with Crippen molar-refractivity contribution in [3.63, 3.8) is 0 Å². The molecule has 1 aliphatic heterocycles. The van der Waals surface area contributed by atoms with Crippen molar-refractivity contribution in [1.82, 2.24) is 10.2 Å². The van der Waals surface area contributed by atoms with Gasteiger partial charge in [-0.1, -0.05) is 80.6 Å². The number of aryl methyl sites for hydroxylation is 1. The smallest absolute Gasteiger partial charge is 0.249 e. The summed E-state index contributed by atoms with van der Waals surface area (Å²) in [4.78, 5) is 39.9. The standard InChI is InChI=1S/C29H34N2O3/c1-20(2)27(30-26(33)16-15-25(32)23-9-7-6-8-10-23)28(34)31-18-17-24(29(4,5)19-31)22-13-11-21(3)12-14-22/h6-16,24,27H,1,17-19H2,2-5H3,(H,30,33)/b16-15+/t24?,27-/m1/s1. The molecule has 1 fully saturated rings. The van der Waals surface area contributed by atoms with Crippen molar-refractivity contribution >= 4 is 17.6 Å². The molecule has 5 heteroatoms. The molecular formula is C29H34N2O3. The fourth-order valence-electron chi connectivity index (χ4n) is 4.58. The fourth-order valence-corrected chi connectivity index (χ4v) is 4.58. The Kier molecular flexibility index (Phi) is 7.87. The Morgan fingerprint density at radius 3 is 2.29 bits per heavy atom. The van der Waals surface area contributed by atoms with Crippen LogP contribution in [0.5, 0.6) is 0 Å². The summed E-state index contributed by atoms with van der Waals surface area (Å²) in [7, 11) is 0. The first-order chi connectivity index (χ1) is 16.1. The summed E-state index contributed by atoms with van der Waals surface area (Å²) in [6.45, 7) is 13.3. The third-order valence-electron chi connectivity index (χ3n) is 6.49. The van der Waals surface area contributed by atoms with Crippen molar-refractivity contribution in [2.24, 2.45) is 5.41 Å². The maximum Gasteiger partial charge on any atom is 0.249 e. The van der Waals surface area contributed by atoms with Crippen LogP contribution in [0.25, 0.3) is 0 Å². The Morgan fingerprint density at radius 1 is 1.06 bits per heavy atom. The number of hydrogen-bond acceptors (Lipinski definition) is 3. The lowest BCUT2D eigenvalue weighted by Gasteiger charge is -2.45. The maximum absolute atomic E-state index is 13.4. The molecule has 34 heavy (non-hydrogen) atoms. The normalized spacial score (nSPS) is 18.4. The van der Waals surface area contributed by atoms with Gasteiger partial charge in [0.1, 0.15) is 6.04 Å². The summed E-state index contributed by atoms with van der Waals surface area (Å²) in [6.07, 6.45) is 3.25. The maximum atomic E-state index is 13.4. The Morgan fingerprint density at radius 2 is 1.71 bits per heavy atom. The average Bonchev–Trinajstić information content (AvgIpc) is 2.81. The van der Waals surface area contributed by atoms with Crippen LogP contribution in [0.4, 0.5) is 0 Å². The number of amides is 2. The predicted octanol–water partition coefficient (Wildman–Crippen LogP) is 4.84. The largest absolute Gasteiger partial charge is 0.340 e. The van der Waals surface area contributed by atoms with Gasteiger partial charge in [0.25, 0.3) is 0 Å². The van der Waals surface area contributed by atoms with E-state index in [1.807, 2.05) is 11.0 Å². The number of hydrogen-bond donors (Lipinski definition) is 1. The Bertz CT molecular complexity index is 1080.